The third kappa shape index (κ3) is 3.55. The minimum Gasteiger partial charge on any atom is -0.378 e. The summed E-state index contributed by atoms with van der Waals surface area (Å²) in [6, 6.07) is 3.07. The zero-order valence-electron chi connectivity index (χ0n) is 14.5. The summed E-state index contributed by atoms with van der Waals surface area (Å²) in [6.07, 6.45) is -3.11. The molecule has 146 valence electrons. The molecule has 1 atom stereocenters. The maximum Gasteiger partial charge on any atom is 0.453 e. The van der Waals surface area contributed by atoms with Gasteiger partial charge in [0.25, 0.3) is 5.82 Å². The van der Waals surface area contributed by atoms with Crippen LogP contribution in [0, 0.1) is 5.92 Å². The van der Waals surface area contributed by atoms with E-state index in [9.17, 15) is 18.0 Å². The molecule has 2 aromatic rings. The van der Waals surface area contributed by atoms with Gasteiger partial charge in [0.05, 0.1) is 19.1 Å². The van der Waals surface area contributed by atoms with Crippen LogP contribution in [0.4, 0.5) is 19.0 Å². The first-order chi connectivity index (χ1) is 12.9. The van der Waals surface area contributed by atoms with Gasteiger partial charge in [-0.3, -0.25) is 4.79 Å². The quantitative estimate of drug-likeness (QED) is 0.775. The van der Waals surface area contributed by atoms with E-state index in [1.807, 2.05) is 4.90 Å². The lowest BCUT2D eigenvalue weighted by Crippen LogP contribution is -2.48. The molecule has 27 heavy (non-hydrogen) atoms. The highest BCUT2D eigenvalue weighted by atomic mass is 19.4. The second-order valence-electron chi connectivity index (χ2n) is 6.71. The summed E-state index contributed by atoms with van der Waals surface area (Å²) in [7, 11) is 0. The van der Waals surface area contributed by atoms with Gasteiger partial charge in [0, 0.05) is 26.2 Å². The molecule has 0 bridgehead atoms. The Balaban J connectivity index is 1.55. The number of carbonyl (C=O) groups excluding carboxylic acids is 1. The first-order valence-electron chi connectivity index (χ1n) is 8.84. The molecular weight excluding hydrogens is 365 g/mol. The van der Waals surface area contributed by atoms with Crippen LogP contribution in [0.25, 0.3) is 5.65 Å². The largest absolute Gasteiger partial charge is 0.453 e. The Labute approximate surface area is 152 Å². The molecule has 11 heteroatoms. The van der Waals surface area contributed by atoms with Gasteiger partial charge in [0.1, 0.15) is 5.82 Å². The van der Waals surface area contributed by atoms with Crippen LogP contribution >= 0.6 is 0 Å². The van der Waals surface area contributed by atoms with Crippen molar-refractivity contribution in [3.8, 4) is 0 Å². The van der Waals surface area contributed by atoms with E-state index < -0.39 is 12.0 Å². The fraction of sp³-hybridized carbons (Fsp3) is 0.625. The van der Waals surface area contributed by atoms with Crippen molar-refractivity contribution in [1.82, 2.24) is 24.7 Å². The Morgan fingerprint density at radius 2 is 1.93 bits per heavy atom. The molecule has 0 N–H and O–H groups in total. The molecule has 0 aromatic carbocycles. The lowest BCUT2D eigenvalue weighted by atomic mass is 9.96. The summed E-state index contributed by atoms with van der Waals surface area (Å²) in [5.41, 5.74) is 0.0315. The molecule has 2 fully saturated rings. The average molecular weight is 384 g/mol. The molecule has 4 heterocycles. The van der Waals surface area contributed by atoms with Crippen molar-refractivity contribution in [2.24, 2.45) is 5.92 Å². The number of aromatic nitrogens is 4. The van der Waals surface area contributed by atoms with Crippen LogP contribution in [0.5, 0.6) is 0 Å². The SMILES string of the molecule is O=C(C1CCCN(c2ccc3nnc(C(F)(F)F)n3n2)C1)N1CCOCC1. The van der Waals surface area contributed by atoms with E-state index in [1.165, 1.54) is 6.07 Å². The summed E-state index contributed by atoms with van der Waals surface area (Å²) in [5, 5.41) is 10.8. The summed E-state index contributed by atoms with van der Waals surface area (Å²) >= 11 is 0. The van der Waals surface area contributed by atoms with E-state index in [-0.39, 0.29) is 17.5 Å². The first-order valence-corrected chi connectivity index (χ1v) is 8.84. The summed E-state index contributed by atoms with van der Waals surface area (Å²) in [6.45, 7) is 3.29. The number of morpholine rings is 1. The van der Waals surface area contributed by atoms with Gasteiger partial charge in [-0.2, -0.15) is 17.7 Å². The minimum absolute atomic E-state index is 0.0315. The second-order valence-corrected chi connectivity index (χ2v) is 6.71. The molecule has 1 amide bonds. The zero-order valence-corrected chi connectivity index (χ0v) is 14.5. The standard InChI is InChI=1S/C16H19F3N6O2/c17-16(18,19)15-21-20-12-3-4-13(22-25(12)15)24-5-1-2-11(10-24)14(26)23-6-8-27-9-7-23/h3-4,11H,1-2,5-10H2. The van der Waals surface area contributed by atoms with E-state index in [2.05, 4.69) is 15.3 Å². The number of nitrogens with zero attached hydrogens (tertiary/aromatic N) is 6. The molecule has 0 spiro atoms. The maximum atomic E-state index is 13.1. The number of ether oxygens (including phenoxy) is 1. The number of halogens is 3. The second kappa shape index (κ2) is 6.95. The smallest absolute Gasteiger partial charge is 0.378 e. The number of hydrogen-bond acceptors (Lipinski definition) is 6. The Kier molecular flexibility index (Phi) is 4.62. The summed E-state index contributed by atoms with van der Waals surface area (Å²) < 4.78 is 45.2. The van der Waals surface area contributed by atoms with Crippen LogP contribution in [0.15, 0.2) is 12.1 Å². The highest BCUT2D eigenvalue weighted by molar-refractivity contribution is 5.79. The van der Waals surface area contributed by atoms with Crippen LogP contribution in [0.1, 0.15) is 18.7 Å². The lowest BCUT2D eigenvalue weighted by molar-refractivity contribution is -0.146. The number of hydrogen-bond donors (Lipinski definition) is 0. The van der Waals surface area contributed by atoms with E-state index in [0.29, 0.717) is 49.7 Å². The molecule has 1 unspecified atom stereocenters. The van der Waals surface area contributed by atoms with Crippen molar-refractivity contribution < 1.29 is 22.7 Å². The van der Waals surface area contributed by atoms with Crippen LogP contribution in [-0.2, 0) is 15.7 Å². The molecule has 0 saturated carbocycles. The molecule has 2 saturated heterocycles. The Morgan fingerprint density at radius 3 is 2.67 bits per heavy atom. The molecular formula is C16H19F3N6O2. The number of carbonyl (C=O) groups is 1. The number of amides is 1. The number of rotatable bonds is 2. The molecule has 4 rings (SSSR count). The first kappa shape index (κ1) is 18.0. The molecule has 2 aromatic heterocycles. The fourth-order valence-corrected chi connectivity index (χ4v) is 3.55. The minimum atomic E-state index is -4.64. The Bertz CT molecular complexity index is 833. The van der Waals surface area contributed by atoms with Crippen molar-refractivity contribution in [3.63, 3.8) is 0 Å². The van der Waals surface area contributed by atoms with Crippen molar-refractivity contribution in [1.29, 1.82) is 0 Å². The monoisotopic (exact) mass is 384 g/mol. The third-order valence-electron chi connectivity index (χ3n) is 4.92. The van der Waals surface area contributed by atoms with Crippen LogP contribution in [0.2, 0.25) is 0 Å². The molecule has 2 aliphatic rings. The summed E-state index contributed by atoms with van der Waals surface area (Å²) in [4.78, 5) is 16.4. The van der Waals surface area contributed by atoms with Gasteiger partial charge in [0.15, 0.2) is 5.65 Å². The Hall–Kier alpha value is -2.43. The van der Waals surface area contributed by atoms with Crippen LogP contribution in [-0.4, -0.2) is 70.0 Å². The number of fused-ring (bicyclic) bond motifs is 1. The van der Waals surface area contributed by atoms with E-state index in [0.717, 1.165) is 12.8 Å². The van der Waals surface area contributed by atoms with Gasteiger partial charge >= 0.3 is 6.18 Å². The van der Waals surface area contributed by atoms with Gasteiger partial charge in [-0.15, -0.1) is 15.3 Å². The van der Waals surface area contributed by atoms with E-state index in [1.54, 1.807) is 11.0 Å². The normalized spacial score (nSPS) is 21.7. The molecule has 0 radical (unpaired) electrons. The highest BCUT2D eigenvalue weighted by Gasteiger charge is 2.38. The van der Waals surface area contributed by atoms with Crippen molar-refractivity contribution in [2.75, 3.05) is 44.3 Å². The van der Waals surface area contributed by atoms with Crippen molar-refractivity contribution >= 4 is 17.4 Å². The molecule has 0 aliphatic carbocycles. The van der Waals surface area contributed by atoms with Crippen LogP contribution < -0.4 is 4.90 Å². The predicted octanol–water partition coefficient (Wildman–Crippen LogP) is 1.22. The number of alkyl halides is 3. The van der Waals surface area contributed by atoms with Gasteiger partial charge in [-0.25, -0.2) is 0 Å². The van der Waals surface area contributed by atoms with E-state index >= 15 is 0 Å². The number of anilines is 1. The lowest BCUT2D eigenvalue weighted by Gasteiger charge is -2.36. The molecule has 8 nitrogen and oxygen atoms in total. The zero-order chi connectivity index (χ0) is 19.0. The van der Waals surface area contributed by atoms with E-state index in [4.69, 9.17) is 4.74 Å². The predicted molar refractivity (Wildman–Crippen MR) is 88.1 cm³/mol. The van der Waals surface area contributed by atoms with Crippen molar-refractivity contribution in [2.45, 2.75) is 19.0 Å². The maximum absolute atomic E-state index is 13.1. The third-order valence-corrected chi connectivity index (χ3v) is 4.92. The number of piperidine rings is 1. The highest BCUT2D eigenvalue weighted by Crippen LogP contribution is 2.29. The summed E-state index contributed by atoms with van der Waals surface area (Å²) in [5.74, 6) is -0.897. The average Bonchev–Trinajstić information content (AvgIpc) is 3.12. The Morgan fingerprint density at radius 1 is 1.15 bits per heavy atom. The van der Waals surface area contributed by atoms with Gasteiger partial charge in [-0.1, -0.05) is 0 Å². The molecule has 2 aliphatic heterocycles. The van der Waals surface area contributed by atoms with Gasteiger partial charge in [-0.05, 0) is 25.0 Å². The van der Waals surface area contributed by atoms with Gasteiger partial charge in [0.2, 0.25) is 5.91 Å². The van der Waals surface area contributed by atoms with Crippen LogP contribution in [0.3, 0.4) is 0 Å². The fourth-order valence-electron chi connectivity index (χ4n) is 3.55. The van der Waals surface area contributed by atoms with Crippen molar-refractivity contribution in [3.05, 3.63) is 18.0 Å². The topological polar surface area (TPSA) is 75.9 Å². The van der Waals surface area contributed by atoms with Gasteiger partial charge < -0.3 is 14.5 Å².